The Bertz CT molecular complexity index is 613. The lowest BCUT2D eigenvalue weighted by atomic mass is 10.2. The van der Waals surface area contributed by atoms with Crippen molar-refractivity contribution in [2.24, 2.45) is 0 Å². The zero-order valence-electron chi connectivity index (χ0n) is 10.5. The summed E-state index contributed by atoms with van der Waals surface area (Å²) in [6.45, 7) is 1.56. The zero-order chi connectivity index (χ0) is 13.8. The number of methoxy groups -OCH3 is 1. The maximum Gasteiger partial charge on any atom is 0.341 e. The molecule has 98 valence electrons. The van der Waals surface area contributed by atoms with Gasteiger partial charge in [0.25, 0.3) is 0 Å². The van der Waals surface area contributed by atoms with E-state index in [2.05, 4.69) is 10.2 Å². The Morgan fingerprint density at radius 3 is 2.74 bits per heavy atom. The van der Waals surface area contributed by atoms with Gasteiger partial charge in [-0.3, -0.25) is 0 Å². The average molecular weight is 260 g/mol. The van der Waals surface area contributed by atoms with Crippen LogP contribution in [-0.4, -0.2) is 28.4 Å². The molecule has 0 saturated heterocycles. The molecule has 0 amide bonds. The van der Waals surface area contributed by atoms with Gasteiger partial charge < -0.3 is 14.6 Å². The first kappa shape index (κ1) is 12.8. The molecule has 0 aliphatic heterocycles. The molecule has 1 heterocycles. The maximum atomic E-state index is 11.2. The lowest BCUT2D eigenvalue weighted by Crippen LogP contribution is -2.06. The minimum Gasteiger partial charge on any atom is -0.497 e. The molecule has 0 radical (unpaired) electrons. The number of aryl methyl sites for hydroxylation is 1. The van der Waals surface area contributed by atoms with Gasteiger partial charge in [0.05, 0.1) is 19.0 Å². The van der Waals surface area contributed by atoms with E-state index in [4.69, 9.17) is 14.6 Å². The second kappa shape index (κ2) is 5.34. The normalized spacial score (nSPS) is 10.0. The van der Waals surface area contributed by atoms with E-state index in [9.17, 15) is 4.79 Å². The van der Waals surface area contributed by atoms with Gasteiger partial charge >= 0.3 is 5.97 Å². The second-order valence-corrected chi connectivity index (χ2v) is 3.76. The van der Waals surface area contributed by atoms with Crippen LogP contribution >= 0.6 is 0 Å². The molecule has 0 atom stereocenters. The van der Waals surface area contributed by atoms with E-state index in [1.807, 2.05) is 0 Å². The molecule has 0 spiro atoms. The van der Waals surface area contributed by atoms with Crippen LogP contribution in [-0.2, 0) is 0 Å². The third kappa shape index (κ3) is 2.79. The predicted octanol–water partition coefficient (Wildman–Crippen LogP) is 2.28. The molecule has 6 nitrogen and oxygen atoms in total. The Kier molecular flexibility index (Phi) is 3.61. The molecular formula is C13H12N2O4. The van der Waals surface area contributed by atoms with Gasteiger partial charge in [0.15, 0.2) is 5.75 Å². The van der Waals surface area contributed by atoms with E-state index < -0.39 is 5.97 Å². The lowest BCUT2D eigenvalue weighted by Gasteiger charge is -2.10. The van der Waals surface area contributed by atoms with E-state index >= 15 is 0 Å². The van der Waals surface area contributed by atoms with Crippen molar-refractivity contribution < 1.29 is 19.4 Å². The fourth-order valence-corrected chi connectivity index (χ4v) is 1.59. The Morgan fingerprint density at radius 2 is 2.05 bits per heavy atom. The van der Waals surface area contributed by atoms with Gasteiger partial charge in [-0.2, -0.15) is 10.2 Å². The van der Waals surface area contributed by atoms with Crippen LogP contribution < -0.4 is 9.47 Å². The van der Waals surface area contributed by atoms with Crippen LogP contribution in [0.3, 0.4) is 0 Å². The Hall–Kier alpha value is -2.63. The first-order valence-corrected chi connectivity index (χ1v) is 5.49. The largest absolute Gasteiger partial charge is 0.497 e. The molecular weight excluding hydrogens is 248 g/mol. The number of carboxylic acids is 1. The van der Waals surface area contributed by atoms with Crippen molar-refractivity contribution in [2.45, 2.75) is 6.92 Å². The minimum atomic E-state index is -1.11. The number of rotatable bonds is 4. The van der Waals surface area contributed by atoms with Gasteiger partial charge in [-0.25, -0.2) is 4.79 Å². The number of carboxylic acid groups (broad SMARTS) is 1. The van der Waals surface area contributed by atoms with Crippen LogP contribution in [0.1, 0.15) is 16.1 Å². The number of hydrogen-bond donors (Lipinski definition) is 1. The number of benzene rings is 1. The van der Waals surface area contributed by atoms with Crippen molar-refractivity contribution in [3.8, 4) is 17.2 Å². The molecule has 1 aromatic heterocycles. The molecule has 2 aromatic rings. The Morgan fingerprint density at radius 1 is 1.32 bits per heavy atom. The highest BCUT2D eigenvalue weighted by atomic mass is 16.5. The highest BCUT2D eigenvalue weighted by Gasteiger charge is 2.17. The molecule has 2 rings (SSSR count). The van der Waals surface area contributed by atoms with Crippen molar-refractivity contribution in [3.63, 3.8) is 0 Å². The van der Waals surface area contributed by atoms with Crippen LogP contribution in [0.5, 0.6) is 17.2 Å². The first-order chi connectivity index (χ1) is 9.11. The van der Waals surface area contributed by atoms with Crippen molar-refractivity contribution >= 4 is 5.97 Å². The van der Waals surface area contributed by atoms with Crippen molar-refractivity contribution in [1.29, 1.82) is 0 Å². The van der Waals surface area contributed by atoms with E-state index in [0.717, 1.165) is 0 Å². The highest BCUT2D eigenvalue weighted by Crippen LogP contribution is 2.28. The molecule has 19 heavy (non-hydrogen) atoms. The van der Waals surface area contributed by atoms with Gasteiger partial charge in [0.2, 0.25) is 0 Å². The van der Waals surface area contributed by atoms with Crippen LogP contribution in [0, 0.1) is 6.92 Å². The van der Waals surface area contributed by atoms with Gasteiger partial charge in [-0.1, -0.05) is 6.07 Å². The van der Waals surface area contributed by atoms with E-state index in [1.54, 1.807) is 38.3 Å². The minimum absolute atomic E-state index is 0.00202. The predicted molar refractivity (Wildman–Crippen MR) is 66.8 cm³/mol. The standard InChI is InChI=1S/C13H12N2O4/c1-8-12(13(16)17)11(7-14-15-8)19-10-5-3-4-9(6-10)18-2/h3-7H,1-2H3,(H,16,17). The quantitative estimate of drug-likeness (QED) is 0.908. The van der Waals surface area contributed by atoms with Crippen LogP contribution in [0.15, 0.2) is 30.5 Å². The third-order valence-electron chi connectivity index (χ3n) is 2.47. The molecule has 0 aliphatic rings. The number of hydrogen-bond acceptors (Lipinski definition) is 5. The van der Waals surface area contributed by atoms with Gasteiger partial charge in [0, 0.05) is 6.07 Å². The number of ether oxygens (including phenoxy) is 2. The van der Waals surface area contributed by atoms with E-state index in [1.165, 1.54) is 6.20 Å². The lowest BCUT2D eigenvalue weighted by molar-refractivity contribution is 0.0692. The summed E-state index contributed by atoms with van der Waals surface area (Å²) >= 11 is 0. The van der Waals surface area contributed by atoms with Gasteiger partial charge in [0.1, 0.15) is 17.1 Å². The SMILES string of the molecule is COc1cccc(Oc2cnnc(C)c2C(=O)O)c1. The molecule has 0 fully saturated rings. The van der Waals surface area contributed by atoms with Gasteiger partial charge in [-0.15, -0.1) is 0 Å². The molecule has 1 aromatic carbocycles. The van der Waals surface area contributed by atoms with Crippen LogP contribution in [0.4, 0.5) is 0 Å². The molecule has 0 unspecified atom stereocenters. The number of aromatic nitrogens is 2. The summed E-state index contributed by atoms with van der Waals surface area (Å²) in [5, 5.41) is 16.6. The second-order valence-electron chi connectivity index (χ2n) is 3.76. The molecule has 0 aliphatic carbocycles. The Labute approximate surface area is 109 Å². The third-order valence-corrected chi connectivity index (χ3v) is 2.47. The zero-order valence-corrected chi connectivity index (χ0v) is 10.5. The summed E-state index contributed by atoms with van der Waals surface area (Å²) in [5.74, 6) is 0.126. The monoisotopic (exact) mass is 260 g/mol. The number of aromatic carboxylic acids is 1. The van der Waals surface area contributed by atoms with E-state index in [0.29, 0.717) is 17.2 Å². The highest BCUT2D eigenvalue weighted by molar-refractivity contribution is 5.91. The molecule has 0 bridgehead atoms. The smallest absolute Gasteiger partial charge is 0.341 e. The number of carbonyl (C=O) groups is 1. The van der Waals surface area contributed by atoms with Crippen molar-refractivity contribution in [3.05, 3.63) is 41.7 Å². The van der Waals surface area contributed by atoms with Crippen molar-refractivity contribution in [1.82, 2.24) is 10.2 Å². The summed E-state index contributed by atoms with van der Waals surface area (Å²) in [6.07, 6.45) is 1.27. The number of nitrogens with zero attached hydrogens (tertiary/aromatic N) is 2. The maximum absolute atomic E-state index is 11.2. The molecule has 0 saturated carbocycles. The van der Waals surface area contributed by atoms with Gasteiger partial charge in [-0.05, 0) is 19.1 Å². The van der Waals surface area contributed by atoms with Crippen molar-refractivity contribution in [2.75, 3.05) is 7.11 Å². The van der Waals surface area contributed by atoms with Crippen LogP contribution in [0.2, 0.25) is 0 Å². The fourth-order valence-electron chi connectivity index (χ4n) is 1.59. The summed E-state index contributed by atoms with van der Waals surface area (Å²) in [7, 11) is 1.54. The summed E-state index contributed by atoms with van der Waals surface area (Å²) < 4.78 is 10.6. The average Bonchev–Trinajstić information content (AvgIpc) is 2.38. The Balaban J connectivity index is 2.38. The summed E-state index contributed by atoms with van der Waals surface area (Å²) in [6, 6.07) is 6.86. The first-order valence-electron chi connectivity index (χ1n) is 5.49. The topological polar surface area (TPSA) is 81.5 Å². The molecule has 6 heteroatoms. The summed E-state index contributed by atoms with van der Waals surface area (Å²) in [4.78, 5) is 11.2. The molecule has 1 N–H and O–H groups in total. The van der Waals surface area contributed by atoms with Crippen LogP contribution in [0.25, 0.3) is 0 Å². The van der Waals surface area contributed by atoms with E-state index in [-0.39, 0.29) is 11.3 Å². The summed E-state index contributed by atoms with van der Waals surface area (Å²) in [5.41, 5.74) is 0.297. The fraction of sp³-hybridized carbons (Fsp3) is 0.154.